The molecule has 0 saturated heterocycles. The molecule has 0 aromatic carbocycles. The molecule has 3 heteroatoms. The highest BCUT2D eigenvalue weighted by Gasteiger charge is 2.23. The lowest BCUT2D eigenvalue weighted by Crippen LogP contribution is -2.47. The Labute approximate surface area is 106 Å². The lowest BCUT2D eigenvalue weighted by molar-refractivity contribution is 0.214. The molecule has 0 aromatic rings. The molecular weight excluding hydrogens is 212 g/mol. The molecule has 3 nitrogen and oxygen atoms in total. The monoisotopic (exact) mass is 242 g/mol. The zero-order valence-electron chi connectivity index (χ0n) is 11.7. The summed E-state index contributed by atoms with van der Waals surface area (Å²) in [7, 11) is 0. The number of aliphatic hydroxyl groups is 1. The summed E-state index contributed by atoms with van der Waals surface area (Å²) < 4.78 is 0. The first-order valence-corrected chi connectivity index (χ1v) is 7.28. The van der Waals surface area contributed by atoms with Crippen LogP contribution in [0.25, 0.3) is 0 Å². The molecular formula is C14H30N2O. The Morgan fingerprint density at radius 1 is 1.12 bits per heavy atom. The van der Waals surface area contributed by atoms with Gasteiger partial charge in [-0.05, 0) is 39.5 Å². The van der Waals surface area contributed by atoms with E-state index in [1.807, 2.05) is 0 Å². The molecule has 0 radical (unpaired) electrons. The van der Waals surface area contributed by atoms with Crippen LogP contribution in [0, 0.1) is 0 Å². The van der Waals surface area contributed by atoms with E-state index >= 15 is 0 Å². The number of hydrogen-bond donors (Lipinski definition) is 3. The Hall–Kier alpha value is -0.120. The molecule has 1 aliphatic rings. The maximum Gasteiger partial charge on any atom is 0.0582 e. The smallest absolute Gasteiger partial charge is 0.0582 e. The van der Waals surface area contributed by atoms with Crippen LogP contribution in [0.5, 0.6) is 0 Å². The summed E-state index contributed by atoms with van der Waals surface area (Å²) in [4.78, 5) is 0. The van der Waals surface area contributed by atoms with E-state index in [0.29, 0.717) is 18.1 Å². The summed E-state index contributed by atoms with van der Waals surface area (Å²) in [5.74, 6) is 0. The second kappa shape index (κ2) is 8.06. The van der Waals surface area contributed by atoms with E-state index in [1.165, 1.54) is 38.5 Å². The van der Waals surface area contributed by atoms with Crippen LogP contribution < -0.4 is 10.6 Å². The molecule has 0 bridgehead atoms. The van der Waals surface area contributed by atoms with Crippen molar-refractivity contribution in [2.24, 2.45) is 0 Å². The van der Waals surface area contributed by atoms with Gasteiger partial charge >= 0.3 is 0 Å². The van der Waals surface area contributed by atoms with Crippen molar-refractivity contribution in [3.05, 3.63) is 0 Å². The van der Waals surface area contributed by atoms with Crippen LogP contribution in [0.4, 0.5) is 0 Å². The van der Waals surface area contributed by atoms with Gasteiger partial charge < -0.3 is 15.7 Å². The van der Waals surface area contributed by atoms with Crippen LogP contribution in [0.3, 0.4) is 0 Å². The van der Waals surface area contributed by atoms with Crippen molar-refractivity contribution >= 4 is 0 Å². The highest BCUT2D eigenvalue weighted by molar-refractivity contribution is 4.84. The molecule has 0 aliphatic heterocycles. The maximum atomic E-state index is 9.07. The minimum Gasteiger partial charge on any atom is -0.395 e. The molecule has 102 valence electrons. The molecule has 4 unspecified atom stereocenters. The van der Waals surface area contributed by atoms with E-state index in [9.17, 15) is 0 Å². The van der Waals surface area contributed by atoms with Crippen LogP contribution >= 0.6 is 0 Å². The Balaban J connectivity index is 2.28. The van der Waals surface area contributed by atoms with Gasteiger partial charge in [0.25, 0.3) is 0 Å². The third-order valence-corrected chi connectivity index (χ3v) is 3.71. The average Bonchev–Trinajstić information content (AvgIpc) is 2.29. The molecule has 0 aromatic heterocycles. The van der Waals surface area contributed by atoms with Crippen molar-refractivity contribution < 1.29 is 5.11 Å². The average molecular weight is 242 g/mol. The molecule has 0 heterocycles. The van der Waals surface area contributed by atoms with Crippen molar-refractivity contribution in [1.29, 1.82) is 0 Å². The zero-order chi connectivity index (χ0) is 12.7. The topological polar surface area (TPSA) is 44.3 Å². The van der Waals surface area contributed by atoms with Crippen LogP contribution in [0.2, 0.25) is 0 Å². The summed E-state index contributed by atoms with van der Waals surface area (Å²) in [6.07, 6.45) is 7.58. The van der Waals surface area contributed by atoms with Crippen molar-refractivity contribution in [3.8, 4) is 0 Å². The van der Waals surface area contributed by atoms with E-state index in [0.717, 1.165) is 0 Å². The quantitative estimate of drug-likeness (QED) is 0.640. The fourth-order valence-corrected chi connectivity index (χ4v) is 2.87. The van der Waals surface area contributed by atoms with Gasteiger partial charge in [-0.2, -0.15) is 0 Å². The predicted molar refractivity (Wildman–Crippen MR) is 73.2 cm³/mol. The van der Waals surface area contributed by atoms with Gasteiger partial charge in [-0.25, -0.2) is 0 Å². The Kier molecular flexibility index (Phi) is 7.09. The first-order chi connectivity index (χ1) is 8.15. The standard InChI is InChI=1S/C14H30N2O/c1-4-6-11(2)15-13-7-5-8-14(9-13)16-12(3)10-17/h11-17H,4-10H2,1-3H3. The van der Waals surface area contributed by atoms with E-state index < -0.39 is 0 Å². The maximum absolute atomic E-state index is 9.07. The number of rotatable bonds is 7. The summed E-state index contributed by atoms with van der Waals surface area (Å²) in [5.41, 5.74) is 0. The molecule has 17 heavy (non-hydrogen) atoms. The normalized spacial score (nSPS) is 28.9. The van der Waals surface area contributed by atoms with Crippen LogP contribution in [0.1, 0.15) is 59.3 Å². The lowest BCUT2D eigenvalue weighted by atomic mass is 9.90. The van der Waals surface area contributed by atoms with Crippen LogP contribution in [-0.2, 0) is 0 Å². The van der Waals surface area contributed by atoms with Gasteiger partial charge in [0.05, 0.1) is 6.61 Å². The highest BCUT2D eigenvalue weighted by atomic mass is 16.3. The van der Waals surface area contributed by atoms with Crippen molar-refractivity contribution in [1.82, 2.24) is 10.6 Å². The van der Waals surface area contributed by atoms with Crippen LogP contribution in [0.15, 0.2) is 0 Å². The molecule has 0 amide bonds. The van der Waals surface area contributed by atoms with E-state index in [4.69, 9.17) is 5.11 Å². The van der Waals surface area contributed by atoms with Crippen molar-refractivity contribution in [3.63, 3.8) is 0 Å². The fraction of sp³-hybridized carbons (Fsp3) is 1.00. The molecule has 1 fully saturated rings. The third-order valence-electron chi connectivity index (χ3n) is 3.71. The summed E-state index contributed by atoms with van der Waals surface area (Å²) in [6, 6.07) is 2.11. The van der Waals surface area contributed by atoms with Gasteiger partial charge in [-0.15, -0.1) is 0 Å². The SMILES string of the molecule is CCCC(C)NC1CCCC(NC(C)CO)C1. The lowest BCUT2D eigenvalue weighted by Gasteiger charge is -2.33. The number of hydrogen-bond acceptors (Lipinski definition) is 3. The molecule has 0 spiro atoms. The second-order valence-electron chi connectivity index (χ2n) is 5.67. The Bertz CT molecular complexity index is 199. The number of nitrogens with one attached hydrogen (secondary N) is 2. The van der Waals surface area contributed by atoms with Gasteiger partial charge in [0.15, 0.2) is 0 Å². The molecule has 1 rings (SSSR count). The third kappa shape index (κ3) is 5.84. The largest absolute Gasteiger partial charge is 0.395 e. The minimum absolute atomic E-state index is 0.229. The zero-order valence-corrected chi connectivity index (χ0v) is 11.7. The van der Waals surface area contributed by atoms with Gasteiger partial charge in [-0.3, -0.25) is 0 Å². The Morgan fingerprint density at radius 3 is 2.24 bits per heavy atom. The predicted octanol–water partition coefficient (Wildman–Crippen LogP) is 2.05. The molecule has 4 atom stereocenters. The van der Waals surface area contributed by atoms with Gasteiger partial charge in [0, 0.05) is 24.2 Å². The van der Waals surface area contributed by atoms with Crippen LogP contribution in [-0.4, -0.2) is 35.9 Å². The highest BCUT2D eigenvalue weighted by Crippen LogP contribution is 2.20. The summed E-state index contributed by atoms with van der Waals surface area (Å²) in [6.45, 7) is 6.82. The van der Waals surface area contributed by atoms with Gasteiger partial charge in [-0.1, -0.05) is 19.8 Å². The minimum atomic E-state index is 0.229. The van der Waals surface area contributed by atoms with Gasteiger partial charge in [0.2, 0.25) is 0 Å². The van der Waals surface area contributed by atoms with E-state index in [-0.39, 0.29) is 12.6 Å². The van der Waals surface area contributed by atoms with Crippen molar-refractivity contribution in [2.45, 2.75) is 83.5 Å². The summed E-state index contributed by atoms with van der Waals surface area (Å²) >= 11 is 0. The molecule has 1 aliphatic carbocycles. The molecule has 1 saturated carbocycles. The Morgan fingerprint density at radius 2 is 1.71 bits per heavy atom. The van der Waals surface area contributed by atoms with Gasteiger partial charge in [0.1, 0.15) is 0 Å². The molecule has 3 N–H and O–H groups in total. The van der Waals surface area contributed by atoms with E-state index in [1.54, 1.807) is 0 Å². The first-order valence-electron chi connectivity index (χ1n) is 7.28. The summed E-state index contributed by atoms with van der Waals surface area (Å²) in [5, 5.41) is 16.3. The fourth-order valence-electron chi connectivity index (χ4n) is 2.87. The number of aliphatic hydroxyl groups excluding tert-OH is 1. The first kappa shape index (κ1) is 14.9. The second-order valence-corrected chi connectivity index (χ2v) is 5.67. The van der Waals surface area contributed by atoms with E-state index in [2.05, 4.69) is 31.4 Å². The van der Waals surface area contributed by atoms with Crippen molar-refractivity contribution in [2.75, 3.05) is 6.61 Å².